The lowest BCUT2D eigenvalue weighted by Gasteiger charge is -2.40. The molecule has 5 atom stereocenters. The van der Waals surface area contributed by atoms with Crippen LogP contribution in [0.25, 0.3) is 0 Å². The third-order valence-electron chi connectivity index (χ3n) is 6.71. The van der Waals surface area contributed by atoms with Crippen molar-refractivity contribution in [3.05, 3.63) is 0 Å². The average Bonchev–Trinajstić information content (AvgIpc) is 3.04. The maximum atomic E-state index is 12.3. The summed E-state index contributed by atoms with van der Waals surface area (Å²) in [4.78, 5) is 12.3. The summed E-state index contributed by atoms with van der Waals surface area (Å²) in [6, 6.07) is 0. The fourth-order valence-corrected chi connectivity index (χ4v) is 5.49. The largest absolute Gasteiger partial charge is 0.414 e. The molecule has 26 heavy (non-hydrogen) atoms. The molecule has 1 aliphatic heterocycles. The first kappa shape index (κ1) is 20.1. The average molecular weight is 379 g/mol. The molecule has 3 fully saturated rings. The molecule has 1 heterocycles. The van der Waals surface area contributed by atoms with Crippen molar-refractivity contribution in [2.45, 2.75) is 83.4 Å². The van der Waals surface area contributed by atoms with Gasteiger partial charge in [0.2, 0.25) is 0 Å². The second-order valence-corrected chi connectivity index (χ2v) is 14.3. The molecule has 0 aromatic carbocycles. The Morgan fingerprint density at radius 3 is 2.69 bits per heavy atom. The van der Waals surface area contributed by atoms with E-state index in [-0.39, 0.29) is 35.2 Å². The Balaban J connectivity index is 1.57. The maximum absolute atomic E-state index is 12.3. The number of rotatable bonds is 4. The molecule has 3 aliphatic rings. The lowest BCUT2D eigenvalue weighted by molar-refractivity contribution is -0.154. The van der Waals surface area contributed by atoms with E-state index in [9.17, 15) is 4.79 Å². The number of hydrogen-bond donors (Lipinski definition) is 0. The lowest BCUT2D eigenvalue weighted by Crippen LogP contribution is -2.45. The summed E-state index contributed by atoms with van der Waals surface area (Å²) < 4.78 is 17.9. The van der Waals surface area contributed by atoms with Crippen LogP contribution in [0.15, 0.2) is 0 Å². The Labute approximate surface area is 159 Å². The molecule has 5 unspecified atom stereocenters. The first-order valence-corrected chi connectivity index (χ1v) is 13.0. The zero-order valence-electron chi connectivity index (χ0n) is 17.0. The summed E-state index contributed by atoms with van der Waals surface area (Å²) in [5.74, 6) is 7.36. The van der Waals surface area contributed by atoms with Gasteiger partial charge in [-0.2, -0.15) is 0 Å². The maximum Gasteiger partial charge on any atom is 0.192 e. The highest BCUT2D eigenvalue weighted by Gasteiger charge is 2.55. The number of carbonyl (C=O) groups excluding carboxylic acids is 1. The number of Topliss-reactive ketones (excluding diaryl/α,β-unsaturated/α-hetero) is 1. The number of fused-ring (bicyclic) bond motifs is 2. The van der Waals surface area contributed by atoms with Crippen LogP contribution in [0, 0.1) is 29.6 Å². The van der Waals surface area contributed by atoms with Gasteiger partial charge in [-0.25, -0.2) is 0 Å². The van der Waals surface area contributed by atoms with E-state index >= 15 is 0 Å². The van der Waals surface area contributed by atoms with Crippen LogP contribution in [-0.4, -0.2) is 39.7 Å². The normalized spacial score (nSPS) is 34.7. The summed E-state index contributed by atoms with van der Waals surface area (Å²) in [6.45, 7) is 12.5. The fraction of sp³-hybridized carbons (Fsp3) is 0.857. The Bertz CT molecular complexity index is 577. The first-order valence-electron chi connectivity index (χ1n) is 10.1. The van der Waals surface area contributed by atoms with E-state index in [2.05, 4.69) is 45.7 Å². The van der Waals surface area contributed by atoms with Crippen molar-refractivity contribution in [3.8, 4) is 11.8 Å². The van der Waals surface area contributed by atoms with Gasteiger partial charge in [0.1, 0.15) is 12.4 Å². The molecule has 5 heteroatoms. The summed E-state index contributed by atoms with van der Waals surface area (Å²) in [7, 11) is -1.82. The van der Waals surface area contributed by atoms with Gasteiger partial charge in [-0.1, -0.05) is 32.6 Å². The summed E-state index contributed by atoms with van der Waals surface area (Å²) >= 11 is 0. The molecule has 4 nitrogen and oxygen atoms in total. The van der Waals surface area contributed by atoms with Crippen molar-refractivity contribution in [1.82, 2.24) is 0 Å². The van der Waals surface area contributed by atoms with Crippen LogP contribution in [0.4, 0.5) is 0 Å². The number of carbonyl (C=O) groups is 1. The zero-order valence-corrected chi connectivity index (χ0v) is 18.0. The molecule has 0 amide bonds. The summed E-state index contributed by atoms with van der Waals surface area (Å²) in [6.07, 6.45) is 4.81. The van der Waals surface area contributed by atoms with Gasteiger partial charge in [0.15, 0.2) is 14.6 Å². The topological polar surface area (TPSA) is 44.8 Å². The Kier molecular flexibility index (Phi) is 5.98. The Hall–Kier alpha value is -0.673. The van der Waals surface area contributed by atoms with Gasteiger partial charge in [-0.05, 0) is 43.8 Å². The van der Waals surface area contributed by atoms with Crippen LogP contribution in [0.1, 0.15) is 52.9 Å². The lowest BCUT2D eigenvalue weighted by atomic mass is 9.97. The molecule has 2 aliphatic carbocycles. The molecule has 146 valence electrons. The predicted molar refractivity (Wildman–Crippen MR) is 104 cm³/mol. The van der Waals surface area contributed by atoms with Crippen molar-refractivity contribution in [2.24, 2.45) is 17.8 Å². The number of ether oxygens (including phenoxy) is 2. The van der Waals surface area contributed by atoms with E-state index in [1.165, 1.54) is 0 Å². The number of hydrogen-bond acceptors (Lipinski definition) is 4. The molecular formula is C21H34O4Si. The summed E-state index contributed by atoms with van der Waals surface area (Å²) in [5, 5.41) is 0.188. The van der Waals surface area contributed by atoms with Crippen LogP contribution in [0.2, 0.25) is 18.1 Å². The van der Waals surface area contributed by atoms with Crippen molar-refractivity contribution in [3.63, 3.8) is 0 Å². The van der Waals surface area contributed by atoms with Crippen LogP contribution in [0.3, 0.4) is 0 Å². The minimum atomic E-state index is -1.82. The Morgan fingerprint density at radius 1 is 1.27 bits per heavy atom. The van der Waals surface area contributed by atoms with Gasteiger partial charge in [0, 0.05) is 30.8 Å². The quantitative estimate of drug-likeness (QED) is 0.544. The molecule has 0 radical (unpaired) electrons. The predicted octanol–water partition coefficient (Wildman–Crippen LogP) is 4.15. The van der Waals surface area contributed by atoms with Crippen molar-refractivity contribution >= 4 is 14.1 Å². The molecule has 2 saturated carbocycles. The van der Waals surface area contributed by atoms with Crippen molar-refractivity contribution in [2.75, 3.05) is 13.2 Å². The summed E-state index contributed by atoms with van der Waals surface area (Å²) in [5.41, 5.74) is 0. The van der Waals surface area contributed by atoms with Crippen molar-refractivity contribution in [1.29, 1.82) is 0 Å². The highest BCUT2D eigenvalue weighted by molar-refractivity contribution is 6.74. The SMILES string of the molecule is CC(C)(C)[Si](C)(C)OC1CC2C(=O)CC1C2C#CCOC1CCCCO1. The highest BCUT2D eigenvalue weighted by Crippen LogP contribution is 2.50. The third-order valence-corrected chi connectivity index (χ3v) is 11.2. The van der Waals surface area contributed by atoms with E-state index in [1.54, 1.807) is 0 Å². The fourth-order valence-electron chi connectivity index (χ4n) is 4.11. The number of ketones is 1. The van der Waals surface area contributed by atoms with Crippen LogP contribution < -0.4 is 0 Å². The Morgan fingerprint density at radius 2 is 2.04 bits per heavy atom. The minimum Gasteiger partial charge on any atom is -0.414 e. The standard InChI is InChI=1S/C21H34O4Si/c1-21(2,3)26(4,5)25-19-14-16-15(17(19)13-18(16)22)9-8-12-24-20-10-6-7-11-23-20/h15-17,19-20H,6-7,10-14H2,1-5H3. The highest BCUT2D eigenvalue weighted by atomic mass is 28.4. The van der Waals surface area contributed by atoms with E-state index < -0.39 is 8.32 Å². The van der Waals surface area contributed by atoms with Crippen LogP contribution >= 0.6 is 0 Å². The van der Waals surface area contributed by atoms with Gasteiger partial charge in [0.05, 0.1) is 6.10 Å². The first-order chi connectivity index (χ1) is 12.2. The molecule has 0 spiro atoms. The van der Waals surface area contributed by atoms with Gasteiger partial charge in [-0.15, -0.1) is 0 Å². The van der Waals surface area contributed by atoms with E-state index in [0.717, 1.165) is 32.3 Å². The monoisotopic (exact) mass is 378 g/mol. The van der Waals surface area contributed by atoms with Gasteiger partial charge in [-0.3, -0.25) is 4.79 Å². The molecule has 3 rings (SSSR count). The van der Waals surface area contributed by atoms with Crippen LogP contribution in [0.5, 0.6) is 0 Å². The van der Waals surface area contributed by atoms with E-state index in [0.29, 0.717) is 18.8 Å². The van der Waals surface area contributed by atoms with Gasteiger partial charge in [0.25, 0.3) is 0 Å². The second-order valence-electron chi connectivity index (χ2n) is 9.55. The van der Waals surface area contributed by atoms with Gasteiger partial charge >= 0.3 is 0 Å². The third kappa shape index (κ3) is 4.25. The minimum absolute atomic E-state index is 0.0631. The van der Waals surface area contributed by atoms with E-state index in [4.69, 9.17) is 13.9 Å². The second kappa shape index (κ2) is 7.75. The van der Waals surface area contributed by atoms with Crippen molar-refractivity contribution < 1.29 is 18.7 Å². The van der Waals surface area contributed by atoms with E-state index in [1.807, 2.05) is 0 Å². The molecule has 2 bridgehead atoms. The smallest absolute Gasteiger partial charge is 0.192 e. The molecule has 1 saturated heterocycles. The molecular weight excluding hydrogens is 344 g/mol. The molecule has 0 N–H and O–H groups in total. The van der Waals surface area contributed by atoms with Crippen LogP contribution in [-0.2, 0) is 18.7 Å². The molecule has 0 aromatic heterocycles. The molecule has 0 aromatic rings. The zero-order chi connectivity index (χ0) is 18.9. The van der Waals surface area contributed by atoms with Gasteiger partial charge < -0.3 is 13.9 Å².